The van der Waals surface area contributed by atoms with Gasteiger partial charge in [-0.05, 0) is 23.6 Å². The average Bonchev–Trinajstić information content (AvgIpc) is 2.53. The first-order chi connectivity index (χ1) is 11.4. The second-order valence-corrected chi connectivity index (χ2v) is 8.75. The van der Waals surface area contributed by atoms with Crippen molar-refractivity contribution < 1.29 is 13.2 Å². The summed E-state index contributed by atoms with van der Waals surface area (Å²) < 4.78 is 27.0. The highest BCUT2D eigenvalue weighted by Gasteiger charge is 2.34. The molecule has 1 aromatic carbocycles. The number of nitrogens with zero attached hydrogens (tertiary/aromatic N) is 2. The molecule has 2 saturated heterocycles. The maximum absolute atomic E-state index is 12.8. The van der Waals surface area contributed by atoms with Crippen molar-refractivity contribution in [3.05, 3.63) is 29.8 Å². The van der Waals surface area contributed by atoms with Crippen LogP contribution in [-0.2, 0) is 14.8 Å². The van der Waals surface area contributed by atoms with E-state index in [1.807, 2.05) is 12.1 Å². The summed E-state index contributed by atoms with van der Waals surface area (Å²) in [5.74, 6) is 0.584. The van der Waals surface area contributed by atoms with E-state index in [1.165, 1.54) is 4.31 Å². The zero-order valence-electron chi connectivity index (χ0n) is 14.2. The molecule has 0 aliphatic carbocycles. The monoisotopic (exact) mass is 351 g/mol. The number of sulfonamides is 1. The molecular weight excluding hydrogens is 326 g/mol. The SMILES string of the molecule is CC(C)c1ccc(S(=O)(=O)N2CCN(C(=O)C3CNC3)CC2)cc1. The van der Waals surface area contributed by atoms with Crippen LogP contribution in [0.25, 0.3) is 0 Å². The van der Waals surface area contributed by atoms with Gasteiger partial charge in [0, 0.05) is 39.3 Å². The van der Waals surface area contributed by atoms with Gasteiger partial charge in [-0.3, -0.25) is 4.79 Å². The molecule has 0 aromatic heterocycles. The van der Waals surface area contributed by atoms with Crippen LogP contribution in [0.1, 0.15) is 25.3 Å². The summed E-state index contributed by atoms with van der Waals surface area (Å²) in [7, 11) is -3.48. The number of carbonyl (C=O) groups is 1. The number of hydrogen-bond donors (Lipinski definition) is 1. The third-order valence-corrected chi connectivity index (χ3v) is 6.78. The highest BCUT2D eigenvalue weighted by molar-refractivity contribution is 7.89. The minimum absolute atomic E-state index is 0.0664. The van der Waals surface area contributed by atoms with E-state index in [0.717, 1.165) is 18.7 Å². The molecule has 0 spiro atoms. The van der Waals surface area contributed by atoms with E-state index in [4.69, 9.17) is 0 Å². The molecular formula is C17H25N3O3S. The molecule has 7 heteroatoms. The lowest BCUT2D eigenvalue weighted by atomic mass is 10.0. The van der Waals surface area contributed by atoms with Crippen LogP contribution in [0.4, 0.5) is 0 Å². The Labute approximate surface area is 143 Å². The van der Waals surface area contributed by atoms with Crippen LogP contribution in [0.15, 0.2) is 29.2 Å². The third-order valence-electron chi connectivity index (χ3n) is 4.87. The molecule has 6 nitrogen and oxygen atoms in total. The molecule has 132 valence electrons. The second-order valence-electron chi connectivity index (χ2n) is 6.81. The van der Waals surface area contributed by atoms with E-state index in [2.05, 4.69) is 19.2 Å². The number of benzene rings is 1. The van der Waals surface area contributed by atoms with Crippen molar-refractivity contribution >= 4 is 15.9 Å². The Morgan fingerprint density at radius 1 is 1.08 bits per heavy atom. The van der Waals surface area contributed by atoms with Gasteiger partial charge >= 0.3 is 0 Å². The maximum atomic E-state index is 12.8. The summed E-state index contributed by atoms with van der Waals surface area (Å²) in [5, 5.41) is 3.09. The van der Waals surface area contributed by atoms with Gasteiger partial charge in [-0.1, -0.05) is 26.0 Å². The van der Waals surface area contributed by atoms with Crippen molar-refractivity contribution in [2.24, 2.45) is 5.92 Å². The molecule has 0 saturated carbocycles. The molecule has 1 N–H and O–H groups in total. The Hall–Kier alpha value is -1.44. The molecule has 0 radical (unpaired) electrons. The Balaban J connectivity index is 1.65. The molecule has 2 heterocycles. The number of hydrogen-bond acceptors (Lipinski definition) is 4. The first kappa shape index (κ1) is 17.4. The molecule has 1 amide bonds. The Morgan fingerprint density at radius 3 is 2.12 bits per heavy atom. The van der Waals surface area contributed by atoms with E-state index in [9.17, 15) is 13.2 Å². The number of carbonyl (C=O) groups excluding carboxylic acids is 1. The molecule has 0 atom stereocenters. The maximum Gasteiger partial charge on any atom is 0.243 e. The summed E-state index contributed by atoms with van der Waals surface area (Å²) in [6, 6.07) is 7.12. The highest BCUT2D eigenvalue weighted by Crippen LogP contribution is 2.22. The van der Waals surface area contributed by atoms with Gasteiger partial charge in [0.2, 0.25) is 15.9 Å². The Bertz CT molecular complexity index is 688. The molecule has 0 unspecified atom stereocenters. The molecule has 2 fully saturated rings. The van der Waals surface area contributed by atoms with Crippen LogP contribution < -0.4 is 5.32 Å². The van der Waals surface area contributed by atoms with Gasteiger partial charge in [-0.25, -0.2) is 8.42 Å². The standard InChI is InChI=1S/C17H25N3O3S/c1-13(2)14-3-5-16(6-4-14)24(22,23)20-9-7-19(8-10-20)17(21)15-11-18-12-15/h3-6,13,15,18H,7-12H2,1-2H3. The third kappa shape index (κ3) is 3.34. The van der Waals surface area contributed by atoms with Crippen LogP contribution in [0.5, 0.6) is 0 Å². The van der Waals surface area contributed by atoms with E-state index < -0.39 is 10.0 Å². The minimum atomic E-state index is -3.48. The topological polar surface area (TPSA) is 69.7 Å². The van der Waals surface area contributed by atoms with Crippen LogP contribution in [0.3, 0.4) is 0 Å². The number of amides is 1. The van der Waals surface area contributed by atoms with Crippen molar-refractivity contribution in [1.82, 2.24) is 14.5 Å². The smallest absolute Gasteiger partial charge is 0.243 e. The fraction of sp³-hybridized carbons (Fsp3) is 0.588. The molecule has 24 heavy (non-hydrogen) atoms. The quantitative estimate of drug-likeness (QED) is 0.874. The predicted octanol–water partition coefficient (Wildman–Crippen LogP) is 0.862. The molecule has 2 aliphatic heterocycles. The second kappa shape index (κ2) is 6.82. The minimum Gasteiger partial charge on any atom is -0.340 e. The zero-order chi connectivity index (χ0) is 17.3. The van der Waals surface area contributed by atoms with Gasteiger partial charge in [0.05, 0.1) is 10.8 Å². The normalized spacial score (nSPS) is 20.2. The molecule has 2 aliphatic rings. The Kier molecular flexibility index (Phi) is 4.94. The lowest BCUT2D eigenvalue weighted by molar-refractivity contribution is -0.138. The van der Waals surface area contributed by atoms with E-state index in [1.54, 1.807) is 17.0 Å². The number of rotatable bonds is 4. The Morgan fingerprint density at radius 2 is 1.67 bits per heavy atom. The van der Waals surface area contributed by atoms with Gasteiger partial charge in [0.1, 0.15) is 0 Å². The molecule has 0 bridgehead atoms. The highest BCUT2D eigenvalue weighted by atomic mass is 32.2. The van der Waals surface area contributed by atoms with Crippen LogP contribution in [0, 0.1) is 5.92 Å². The van der Waals surface area contributed by atoms with Gasteiger partial charge in [-0.15, -0.1) is 0 Å². The molecule has 1 aromatic rings. The van der Waals surface area contributed by atoms with Gasteiger partial charge in [-0.2, -0.15) is 4.31 Å². The number of piperazine rings is 1. The van der Waals surface area contributed by atoms with Crippen molar-refractivity contribution in [1.29, 1.82) is 0 Å². The van der Waals surface area contributed by atoms with Crippen LogP contribution in [0.2, 0.25) is 0 Å². The first-order valence-electron chi connectivity index (χ1n) is 8.49. The lowest BCUT2D eigenvalue weighted by Gasteiger charge is -2.38. The average molecular weight is 351 g/mol. The van der Waals surface area contributed by atoms with Gasteiger partial charge in [0.15, 0.2) is 0 Å². The van der Waals surface area contributed by atoms with E-state index >= 15 is 0 Å². The number of nitrogens with one attached hydrogen (secondary N) is 1. The van der Waals surface area contributed by atoms with Crippen LogP contribution >= 0.6 is 0 Å². The first-order valence-corrected chi connectivity index (χ1v) is 9.93. The summed E-state index contributed by atoms with van der Waals surface area (Å²) in [6.45, 7) is 7.30. The van der Waals surface area contributed by atoms with Crippen LogP contribution in [-0.4, -0.2) is 62.8 Å². The fourth-order valence-corrected chi connectivity index (χ4v) is 4.47. The fourth-order valence-electron chi connectivity index (χ4n) is 3.04. The van der Waals surface area contributed by atoms with Gasteiger partial charge < -0.3 is 10.2 Å². The van der Waals surface area contributed by atoms with Crippen molar-refractivity contribution in [3.63, 3.8) is 0 Å². The summed E-state index contributed by atoms with van der Waals surface area (Å²) >= 11 is 0. The summed E-state index contributed by atoms with van der Waals surface area (Å²) in [6.07, 6.45) is 0. The van der Waals surface area contributed by atoms with Crippen molar-refractivity contribution in [2.45, 2.75) is 24.7 Å². The molecule has 3 rings (SSSR count). The van der Waals surface area contributed by atoms with Gasteiger partial charge in [0.25, 0.3) is 0 Å². The zero-order valence-corrected chi connectivity index (χ0v) is 15.1. The lowest BCUT2D eigenvalue weighted by Crippen LogP contribution is -2.57. The summed E-state index contributed by atoms with van der Waals surface area (Å²) in [4.78, 5) is 14.3. The van der Waals surface area contributed by atoms with E-state index in [-0.39, 0.29) is 11.8 Å². The summed E-state index contributed by atoms with van der Waals surface area (Å²) in [5.41, 5.74) is 1.12. The van der Waals surface area contributed by atoms with E-state index in [0.29, 0.717) is 37.0 Å². The largest absolute Gasteiger partial charge is 0.340 e. The predicted molar refractivity (Wildman–Crippen MR) is 92.2 cm³/mol. The van der Waals surface area contributed by atoms with Crippen molar-refractivity contribution in [3.8, 4) is 0 Å². The van der Waals surface area contributed by atoms with Crippen molar-refractivity contribution in [2.75, 3.05) is 39.3 Å².